The maximum absolute atomic E-state index is 12.5. The van der Waals surface area contributed by atoms with E-state index in [9.17, 15) is 9.46 Å². The number of likely N-dealkylation sites (N-methyl/N-ethyl adjacent to an activating group) is 1. The average Bonchev–Trinajstić information content (AvgIpc) is 2.90. The Morgan fingerprint density at radius 2 is 1.50 bits per heavy atom. The molecule has 6 nitrogen and oxygen atoms in total. The van der Waals surface area contributed by atoms with Gasteiger partial charge >= 0.3 is 7.82 Å². The number of allylic oxidation sites excluding steroid dienone is 2. The molecule has 0 aromatic heterocycles. The van der Waals surface area contributed by atoms with Crippen molar-refractivity contribution >= 4 is 7.82 Å². The number of rotatable bonds is 21. The quantitative estimate of drug-likeness (QED) is 0.0500. The van der Waals surface area contributed by atoms with Crippen LogP contribution in [0.15, 0.2) is 11.6 Å². The lowest BCUT2D eigenvalue weighted by Gasteiger charge is -2.40. The highest BCUT2D eigenvalue weighted by molar-refractivity contribution is 7.47. The third-order valence-corrected chi connectivity index (χ3v) is 9.81. The molecule has 1 aliphatic heterocycles. The van der Waals surface area contributed by atoms with Crippen molar-refractivity contribution in [3.63, 3.8) is 0 Å². The van der Waals surface area contributed by atoms with Gasteiger partial charge in [0.05, 0.1) is 25.7 Å². The van der Waals surface area contributed by atoms with Crippen molar-refractivity contribution < 1.29 is 27.7 Å². The van der Waals surface area contributed by atoms with Crippen LogP contribution in [0.3, 0.4) is 0 Å². The van der Waals surface area contributed by atoms with E-state index in [2.05, 4.69) is 19.9 Å². The molecule has 1 saturated heterocycles. The molecule has 2 atom stereocenters. The normalized spacial score (nSPS) is 22.2. The summed E-state index contributed by atoms with van der Waals surface area (Å²) >= 11 is 0. The summed E-state index contributed by atoms with van der Waals surface area (Å²) in [5, 5.41) is 0. The Labute approximate surface area is 235 Å². The molecule has 0 amide bonds. The third kappa shape index (κ3) is 15.0. The first-order chi connectivity index (χ1) is 18.4. The fraction of sp³-hybridized carbons (Fsp3) is 0.935. The summed E-state index contributed by atoms with van der Waals surface area (Å²) in [5.74, 6) is 0. The lowest BCUT2D eigenvalue weighted by Crippen LogP contribution is -2.52. The lowest BCUT2D eigenvalue weighted by molar-refractivity contribution is -0.930. The molecule has 2 aliphatic rings. The second-order valence-electron chi connectivity index (χ2n) is 11.9. The maximum Gasteiger partial charge on any atom is 0.474 e. The first kappa shape index (κ1) is 34.0. The van der Waals surface area contributed by atoms with Crippen LogP contribution in [0.4, 0.5) is 0 Å². The molecule has 0 spiro atoms. The Kier molecular flexibility index (Phi) is 17.7. The highest BCUT2D eigenvalue weighted by Crippen LogP contribution is 2.45. The number of piperidine rings is 1. The smallest absolute Gasteiger partial charge is 0.349 e. The van der Waals surface area contributed by atoms with Gasteiger partial charge < -0.3 is 14.1 Å². The van der Waals surface area contributed by atoms with Gasteiger partial charge in [-0.15, -0.1) is 0 Å². The van der Waals surface area contributed by atoms with Crippen molar-refractivity contribution in [2.45, 2.75) is 155 Å². The Bertz CT molecular complexity index is 669. The number of quaternary nitrogens is 1. The summed E-state index contributed by atoms with van der Waals surface area (Å²) in [5.41, 5.74) is 1.55. The highest BCUT2D eigenvalue weighted by atomic mass is 31.2. The van der Waals surface area contributed by atoms with Crippen LogP contribution >= 0.6 is 7.82 Å². The lowest BCUT2D eigenvalue weighted by atomic mass is 9.91. The Balaban J connectivity index is 1.50. The Hall–Kier alpha value is -0.230. The van der Waals surface area contributed by atoms with Crippen LogP contribution in [-0.4, -0.2) is 54.6 Å². The predicted octanol–water partition coefficient (Wildman–Crippen LogP) is 9.07. The second-order valence-corrected chi connectivity index (χ2v) is 13.3. The summed E-state index contributed by atoms with van der Waals surface area (Å²) in [6, 6.07) is 0. The molecule has 38 heavy (non-hydrogen) atoms. The molecule has 0 aromatic rings. The number of hydrogen-bond donors (Lipinski definition) is 1. The minimum absolute atomic E-state index is 0.0754. The summed E-state index contributed by atoms with van der Waals surface area (Å²) in [7, 11) is -4.12. The van der Waals surface area contributed by atoms with Crippen LogP contribution in [0.25, 0.3) is 0 Å². The summed E-state index contributed by atoms with van der Waals surface area (Å²) in [4.78, 5) is 10.2. The molecule has 224 valence electrons. The zero-order valence-electron chi connectivity index (χ0n) is 25.2. The van der Waals surface area contributed by atoms with Gasteiger partial charge in [0.25, 0.3) is 0 Å². The fourth-order valence-corrected chi connectivity index (χ4v) is 6.96. The Morgan fingerprint density at radius 1 is 0.921 bits per heavy atom. The molecule has 1 N–H and O–H groups in total. The number of likely N-dealkylation sites (tertiary alicyclic amines) is 1. The molecule has 7 heteroatoms. The molecule has 0 bridgehead atoms. The summed E-state index contributed by atoms with van der Waals surface area (Å²) < 4.78 is 30.0. The van der Waals surface area contributed by atoms with Crippen LogP contribution in [0.2, 0.25) is 0 Å². The van der Waals surface area contributed by atoms with Crippen molar-refractivity contribution in [3.05, 3.63) is 11.6 Å². The van der Waals surface area contributed by atoms with Gasteiger partial charge in [-0.1, -0.05) is 82.8 Å². The third-order valence-electron chi connectivity index (χ3n) is 8.74. The van der Waals surface area contributed by atoms with E-state index in [1.807, 2.05) is 0 Å². The maximum atomic E-state index is 12.5. The topological polar surface area (TPSA) is 65.0 Å². The van der Waals surface area contributed by atoms with Crippen LogP contribution in [0, 0.1) is 0 Å². The zero-order chi connectivity index (χ0) is 27.5. The van der Waals surface area contributed by atoms with E-state index >= 15 is 0 Å². The van der Waals surface area contributed by atoms with E-state index in [-0.39, 0.29) is 12.7 Å². The van der Waals surface area contributed by atoms with Crippen LogP contribution in [0.1, 0.15) is 143 Å². The first-order valence-electron chi connectivity index (χ1n) is 16.2. The van der Waals surface area contributed by atoms with Crippen LogP contribution in [0.5, 0.6) is 0 Å². The predicted molar refractivity (Wildman–Crippen MR) is 158 cm³/mol. The first-order valence-corrected chi connectivity index (χ1v) is 17.7. The highest BCUT2D eigenvalue weighted by Gasteiger charge is 2.31. The minimum atomic E-state index is -4.12. The van der Waals surface area contributed by atoms with E-state index in [1.165, 1.54) is 96.3 Å². The molecule has 2 rings (SSSR count). The van der Waals surface area contributed by atoms with Crippen molar-refractivity contribution in [1.82, 2.24) is 0 Å². The number of phosphoric ester groups is 1. The number of nitrogens with zero attached hydrogens (tertiary/aromatic N) is 1. The molecule has 1 aliphatic carbocycles. The van der Waals surface area contributed by atoms with Gasteiger partial charge in [-0.05, 0) is 71.6 Å². The Morgan fingerprint density at radius 3 is 2.08 bits per heavy atom. The molecule has 0 radical (unpaired) electrons. The molecule has 0 aromatic carbocycles. The van der Waals surface area contributed by atoms with Gasteiger partial charge in [-0.25, -0.2) is 4.57 Å². The number of hydrogen-bond acceptors (Lipinski definition) is 4. The van der Waals surface area contributed by atoms with E-state index in [0.717, 1.165) is 56.3 Å². The molecular weight excluding hydrogens is 497 g/mol. The second kappa shape index (κ2) is 19.8. The largest absolute Gasteiger partial charge is 0.474 e. The number of ether oxygens (including phenoxy) is 1. The number of phosphoric acid groups is 1. The van der Waals surface area contributed by atoms with E-state index in [4.69, 9.17) is 13.8 Å². The van der Waals surface area contributed by atoms with Crippen LogP contribution < -0.4 is 0 Å². The van der Waals surface area contributed by atoms with Crippen molar-refractivity contribution in [2.75, 3.05) is 32.8 Å². The van der Waals surface area contributed by atoms with Crippen molar-refractivity contribution in [1.29, 1.82) is 0 Å². The standard InChI is InChI=1S/C31H60NO5P/c1-4-6-7-8-9-10-11-12-13-14-15-17-20-30-21-23-31(24-22-30)36-29(3)37-38(33,34)35-28-27-32(5-2)25-18-16-19-26-32/h20,29,31H,4-19,21-28H2,1-3H3/p+1. The zero-order valence-corrected chi connectivity index (χ0v) is 26.1. The van der Waals surface area contributed by atoms with Crippen molar-refractivity contribution in [3.8, 4) is 0 Å². The molecule has 2 unspecified atom stereocenters. The van der Waals surface area contributed by atoms with E-state index in [0.29, 0.717) is 0 Å². The van der Waals surface area contributed by atoms with Gasteiger partial charge in [0.15, 0.2) is 6.29 Å². The fourth-order valence-electron chi connectivity index (χ4n) is 6.16. The summed E-state index contributed by atoms with van der Waals surface area (Å²) in [6.07, 6.45) is 26.0. The molecular formula is C31H61NO5P+. The van der Waals surface area contributed by atoms with Gasteiger partial charge in [0.1, 0.15) is 13.2 Å². The average molecular weight is 559 g/mol. The van der Waals surface area contributed by atoms with Gasteiger partial charge in [0, 0.05) is 0 Å². The van der Waals surface area contributed by atoms with Gasteiger partial charge in [-0.3, -0.25) is 9.05 Å². The van der Waals surface area contributed by atoms with Crippen LogP contribution in [-0.2, 0) is 18.3 Å². The minimum Gasteiger partial charge on any atom is -0.349 e. The van der Waals surface area contributed by atoms with E-state index in [1.54, 1.807) is 12.5 Å². The SMILES string of the molecule is CCCCCCCCCCCCCC=C1CCC(OC(C)OP(=O)(O)OCC[N+]2(CC)CCCCC2)CC1. The summed E-state index contributed by atoms with van der Waals surface area (Å²) in [6.45, 7) is 10.5. The molecule has 2 fully saturated rings. The van der Waals surface area contributed by atoms with Gasteiger partial charge in [0.2, 0.25) is 0 Å². The number of unbranched alkanes of at least 4 members (excludes halogenated alkanes) is 11. The monoisotopic (exact) mass is 558 g/mol. The van der Waals surface area contributed by atoms with Crippen molar-refractivity contribution in [2.24, 2.45) is 0 Å². The molecule has 1 heterocycles. The van der Waals surface area contributed by atoms with Gasteiger partial charge in [-0.2, -0.15) is 0 Å². The molecule has 1 saturated carbocycles. The van der Waals surface area contributed by atoms with E-state index < -0.39 is 14.1 Å².